The molecule has 0 unspecified atom stereocenters. The molecule has 3 aromatic rings. The lowest BCUT2D eigenvalue weighted by Gasteiger charge is -2.08. The smallest absolute Gasteiger partial charge is 0.343 e. The maximum absolute atomic E-state index is 12.9. The molecule has 0 fully saturated rings. The Balaban J connectivity index is 1.33. The zero-order chi connectivity index (χ0) is 39.4. The molecule has 300 valence electrons. The van der Waals surface area contributed by atoms with Crippen LogP contribution in [-0.2, 0) is 0 Å². The number of benzene rings is 3. The molecule has 0 aromatic heterocycles. The number of nitro groups is 1. The molecule has 55 heavy (non-hydrogen) atoms. The van der Waals surface area contributed by atoms with Gasteiger partial charge in [-0.2, -0.15) is 0 Å². The summed E-state index contributed by atoms with van der Waals surface area (Å²) in [5.41, 5.74) is 0.662. The second-order valence-electron chi connectivity index (χ2n) is 14.5. The number of carbonyl (C=O) groups excluding carboxylic acids is 2. The van der Waals surface area contributed by atoms with Crippen LogP contribution in [0.2, 0.25) is 0 Å². The van der Waals surface area contributed by atoms with E-state index in [2.05, 4.69) is 13.8 Å². The summed E-state index contributed by atoms with van der Waals surface area (Å²) in [5.74, 6) is 0.0242. The average Bonchev–Trinajstić information content (AvgIpc) is 3.20. The molecule has 0 radical (unpaired) electrons. The molecule has 0 saturated heterocycles. The minimum absolute atomic E-state index is 0.109. The molecule has 8 nitrogen and oxygen atoms in total. The summed E-state index contributed by atoms with van der Waals surface area (Å²) in [5, 5.41) is 11.8. The minimum Gasteiger partial charge on any atom is -0.494 e. The fourth-order valence-corrected chi connectivity index (χ4v) is 6.42. The fourth-order valence-electron chi connectivity index (χ4n) is 6.42. The minimum atomic E-state index is -0.745. The van der Waals surface area contributed by atoms with E-state index in [1.165, 1.54) is 134 Å². The van der Waals surface area contributed by atoms with Crippen LogP contribution in [0.1, 0.15) is 175 Å². The van der Waals surface area contributed by atoms with E-state index >= 15 is 0 Å². The van der Waals surface area contributed by atoms with Crippen molar-refractivity contribution in [2.75, 3.05) is 13.2 Å². The van der Waals surface area contributed by atoms with Crippen LogP contribution in [0, 0.1) is 10.1 Å². The van der Waals surface area contributed by atoms with Crippen LogP contribution in [0.4, 0.5) is 5.69 Å². The van der Waals surface area contributed by atoms with Crippen molar-refractivity contribution in [3.05, 3.63) is 99.6 Å². The Labute approximate surface area is 330 Å². The Hall–Kier alpha value is -4.46. The van der Waals surface area contributed by atoms with E-state index in [9.17, 15) is 19.7 Å². The second-order valence-corrected chi connectivity index (χ2v) is 14.5. The van der Waals surface area contributed by atoms with Crippen LogP contribution in [0.3, 0.4) is 0 Å². The maximum atomic E-state index is 12.9. The van der Waals surface area contributed by atoms with E-state index < -0.39 is 22.4 Å². The van der Waals surface area contributed by atoms with Crippen molar-refractivity contribution in [1.82, 2.24) is 0 Å². The lowest BCUT2D eigenvalue weighted by Crippen LogP contribution is -2.10. The van der Waals surface area contributed by atoms with Gasteiger partial charge in [0.1, 0.15) is 11.5 Å². The predicted molar refractivity (Wildman–Crippen MR) is 224 cm³/mol. The van der Waals surface area contributed by atoms with Crippen molar-refractivity contribution in [3.8, 4) is 17.2 Å². The van der Waals surface area contributed by atoms with Gasteiger partial charge in [0.15, 0.2) is 5.78 Å². The lowest BCUT2D eigenvalue weighted by molar-refractivity contribution is -0.385. The molecule has 0 atom stereocenters. The van der Waals surface area contributed by atoms with Gasteiger partial charge in [0.05, 0.1) is 23.7 Å². The van der Waals surface area contributed by atoms with Gasteiger partial charge in [-0.05, 0) is 73.0 Å². The standard InChI is InChI=1S/C47H65NO7/c1-3-5-7-9-10-11-12-13-14-15-16-17-18-19-21-23-37-53-42-30-24-39(25-31-42)26-34-45(49)41-29-35-46(44(38-41)48(51)52)55-47(50)40-27-32-43(33-28-40)54-36-22-20-8-6-4-2/h24-35,38H,3-23,36-37H2,1-2H3/b34-26+. The van der Waals surface area contributed by atoms with Crippen LogP contribution in [-0.4, -0.2) is 29.9 Å². The molecule has 0 aliphatic carbocycles. The predicted octanol–water partition coefficient (Wildman–Crippen LogP) is 13.7. The van der Waals surface area contributed by atoms with Gasteiger partial charge in [0, 0.05) is 11.6 Å². The van der Waals surface area contributed by atoms with Crippen LogP contribution in [0.5, 0.6) is 17.2 Å². The highest BCUT2D eigenvalue weighted by molar-refractivity contribution is 6.07. The highest BCUT2D eigenvalue weighted by atomic mass is 16.6. The first-order valence-electron chi connectivity index (χ1n) is 21.1. The Bertz CT molecular complexity index is 1550. The first-order valence-corrected chi connectivity index (χ1v) is 21.1. The van der Waals surface area contributed by atoms with E-state index in [-0.39, 0.29) is 16.9 Å². The molecule has 0 spiro atoms. The number of hydrogen-bond donors (Lipinski definition) is 0. The van der Waals surface area contributed by atoms with Gasteiger partial charge in [-0.1, -0.05) is 154 Å². The topological polar surface area (TPSA) is 105 Å². The van der Waals surface area contributed by atoms with Crippen LogP contribution in [0.25, 0.3) is 6.08 Å². The van der Waals surface area contributed by atoms with Crippen molar-refractivity contribution >= 4 is 23.5 Å². The van der Waals surface area contributed by atoms with Crippen molar-refractivity contribution in [1.29, 1.82) is 0 Å². The lowest BCUT2D eigenvalue weighted by atomic mass is 10.0. The van der Waals surface area contributed by atoms with Crippen LogP contribution < -0.4 is 14.2 Å². The largest absolute Gasteiger partial charge is 0.494 e. The SMILES string of the molecule is CCCCCCCCCCCCCCCCCCOc1ccc(/C=C/C(=O)c2ccc(OC(=O)c3ccc(OCCCCCCC)cc3)c([N+](=O)[O-])c2)cc1. The first kappa shape index (κ1) is 44.9. The quantitative estimate of drug-likeness (QED) is 0.0122. The normalized spacial score (nSPS) is 11.2. The van der Waals surface area contributed by atoms with Gasteiger partial charge >= 0.3 is 11.7 Å². The Morgan fingerprint density at radius 3 is 1.44 bits per heavy atom. The summed E-state index contributed by atoms with van der Waals surface area (Å²) < 4.78 is 17.0. The van der Waals surface area contributed by atoms with Gasteiger partial charge in [-0.25, -0.2) is 4.79 Å². The number of allylic oxidation sites excluding steroid dienone is 1. The second kappa shape index (κ2) is 28.0. The van der Waals surface area contributed by atoms with Crippen LogP contribution >= 0.6 is 0 Å². The molecule has 0 amide bonds. The van der Waals surface area contributed by atoms with Crippen molar-refractivity contribution in [2.45, 2.75) is 149 Å². The van der Waals surface area contributed by atoms with Gasteiger partial charge in [-0.3, -0.25) is 14.9 Å². The van der Waals surface area contributed by atoms with E-state index in [0.29, 0.717) is 19.0 Å². The van der Waals surface area contributed by atoms with Gasteiger partial charge < -0.3 is 14.2 Å². The number of nitrogens with zero attached hydrogens (tertiary/aromatic N) is 1. The number of rotatable bonds is 31. The molecule has 0 N–H and O–H groups in total. The van der Waals surface area contributed by atoms with Gasteiger partial charge in [-0.15, -0.1) is 0 Å². The highest BCUT2D eigenvalue weighted by Crippen LogP contribution is 2.30. The Kier molecular flexibility index (Phi) is 22.9. The number of nitro benzene ring substituents is 1. The number of carbonyl (C=O) groups is 2. The van der Waals surface area contributed by atoms with Crippen LogP contribution in [0.15, 0.2) is 72.8 Å². The van der Waals surface area contributed by atoms with Crippen molar-refractivity contribution in [2.24, 2.45) is 0 Å². The first-order chi connectivity index (χ1) is 26.9. The molecule has 0 aliphatic rings. The van der Waals surface area contributed by atoms with Gasteiger partial charge in [0.2, 0.25) is 5.75 Å². The van der Waals surface area contributed by atoms with Crippen molar-refractivity contribution < 1.29 is 28.7 Å². The molecule has 0 saturated carbocycles. The molecular formula is C47H65NO7. The number of ketones is 1. The highest BCUT2D eigenvalue weighted by Gasteiger charge is 2.21. The summed E-state index contributed by atoms with van der Waals surface area (Å²) in [6.45, 7) is 5.72. The summed E-state index contributed by atoms with van der Waals surface area (Å²) in [6, 6.07) is 17.8. The van der Waals surface area contributed by atoms with E-state index in [1.807, 2.05) is 24.3 Å². The number of ether oxygens (including phenoxy) is 3. The summed E-state index contributed by atoms with van der Waals surface area (Å²) in [6.07, 6.45) is 30.1. The molecule has 0 bridgehead atoms. The summed E-state index contributed by atoms with van der Waals surface area (Å²) >= 11 is 0. The number of hydrogen-bond acceptors (Lipinski definition) is 7. The maximum Gasteiger partial charge on any atom is 0.343 e. The zero-order valence-corrected chi connectivity index (χ0v) is 33.6. The third-order valence-electron chi connectivity index (χ3n) is 9.82. The molecule has 0 heterocycles. The van der Waals surface area contributed by atoms with Crippen molar-refractivity contribution in [3.63, 3.8) is 0 Å². The third kappa shape index (κ3) is 19.1. The monoisotopic (exact) mass is 755 g/mol. The molecule has 0 aliphatic heterocycles. The summed E-state index contributed by atoms with van der Waals surface area (Å²) in [4.78, 5) is 36.9. The Morgan fingerprint density at radius 1 is 0.564 bits per heavy atom. The Morgan fingerprint density at radius 2 is 0.982 bits per heavy atom. The van der Waals surface area contributed by atoms with E-state index in [1.54, 1.807) is 30.3 Å². The molecular weight excluding hydrogens is 691 g/mol. The fraction of sp³-hybridized carbons (Fsp3) is 0.532. The average molecular weight is 756 g/mol. The van der Waals surface area contributed by atoms with E-state index in [4.69, 9.17) is 14.2 Å². The van der Waals surface area contributed by atoms with Gasteiger partial charge in [0.25, 0.3) is 0 Å². The summed E-state index contributed by atoms with van der Waals surface area (Å²) in [7, 11) is 0. The van der Waals surface area contributed by atoms with E-state index in [0.717, 1.165) is 36.6 Å². The molecule has 3 aromatic carbocycles. The number of esters is 1. The number of unbranched alkanes of at least 4 members (excludes halogenated alkanes) is 19. The third-order valence-corrected chi connectivity index (χ3v) is 9.82. The zero-order valence-electron chi connectivity index (χ0n) is 33.6. The molecule has 3 rings (SSSR count). The molecule has 8 heteroatoms.